The van der Waals surface area contributed by atoms with Crippen LogP contribution in [0, 0.1) is 6.92 Å². The zero-order valence-corrected chi connectivity index (χ0v) is 16.6. The van der Waals surface area contributed by atoms with E-state index in [1.807, 2.05) is 56.3 Å². The highest BCUT2D eigenvalue weighted by Gasteiger charge is 2.21. The van der Waals surface area contributed by atoms with Gasteiger partial charge in [0.15, 0.2) is 5.76 Å². The number of hydrazine groups is 1. The van der Waals surface area contributed by atoms with Gasteiger partial charge in [-0.05, 0) is 32.0 Å². The van der Waals surface area contributed by atoms with Gasteiger partial charge >= 0.3 is 5.91 Å². The molecule has 1 heterocycles. The molecule has 146 valence electrons. The second-order valence-corrected chi connectivity index (χ2v) is 7.20. The molecule has 0 saturated heterocycles. The van der Waals surface area contributed by atoms with Crippen LogP contribution >= 0.6 is 11.8 Å². The average molecular weight is 398 g/mol. The van der Waals surface area contributed by atoms with Crippen LogP contribution in [0.15, 0.2) is 57.8 Å². The third-order valence-corrected chi connectivity index (χ3v) is 5.07. The Morgan fingerprint density at radius 2 is 1.82 bits per heavy atom. The maximum absolute atomic E-state index is 12.5. The Hall–Kier alpha value is -2.77. The summed E-state index contributed by atoms with van der Waals surface area (Å²) in [6, 6.07) is 15.3. The lowest BCUT2D eigenvalue weighted by molar-refractivity contribution is -0.119. The van der Waals surface area contributed by atoms with E-state index in [-0.39, 0.29) is 24.0 Å². The summed E-state index contributed by atoms with van der Waals surface area (Å²) in [6.07, 6.45) is 0. The molecule has 2 N–H and O–H groups in total. The van der Waals surface area contributed by atoms with Crippen LogP contribution in [0.5, 0.6) is 0 Å². The Labute approximate surface area is 167 Å². The molecule has 0 fully saturated rings. The van der Waals surface area contributed by atoms with Crippen molar-refractivity contribution in [1.29, 1.82) is 0 Å². The van der Waals surface area contributed by atoms with Crippen molar-refractivity contribution in [2.75, 3.05) is 12.4 Å². The zero-order valence-electron chi connectivity index (χ0n) is 15.8. The fraction of sp³-hybridized carbons (Fsp3) is 0.238. The topological polar surface area (TPSA) is 80.6 Å². The lowest BCUT2D eigenvalue weighted by atomic mass is 10.1. The number of hydrogen-bond donors (Lipinski definition) is 2. The number of carbonyl (C=O) groups excluding carboxylic acids is 2. The van der Waals surface area contributed by atoms with Gasteiger partial charge in [0.25, 0.3) is 0 Å². The fourth-order valence-corrected chi connectivity index (χ4v) is 3.33. The maximum Gasteiger partial charge on any atom is 0.305 e. The van der Waals surface area contributed by atoms with Gasteiger partial charge in [-0.3, -0.25) is 20.4 Å². The lowest BCUT2D eigenvalue weighted by Gasteiger charge is -2.07. The molecule has 6 nitrogen and oxygen atoms in total. The van der Waals surface area contributed by atoms with Crippen LogP contribution in [-0.2, 0) is 16.1 Å². The highest BCUT2D eigenvalue weighted by atomic mass is 32.2. The van der Waals surface area contributed by atoms with Crippen LogP contribution in [0.1, 0.15) is 28.6 Å². The molecule has 28 heavy (non-hydrogen) atoms. The van der Waals surface area contributed by atoms with Crippen LogP contribution < -0.4 is 10.9 Å². The van der Waals surface area contributed by atoms with Crippen molar-refractivity contribution in [3.8, 4) is 0 Å². The summed E-state index contributed by atoms with van der Waals surface area (Å²) in [5.74, 6) is -0.489. The first-order chi connectivity index (χ1) is 13.6. The summed E-state index contributed by atoms with van der Waals surface area (Å²) < 4.78 is 11.1. The Bertz CT molecular complexity index is 966. The highest BCUT2D eigenvalue weighted by Crippen LogP contribution is 2.26. The van der Waals surface area contributed by atoms with E-state index in [0.29, 0.717) is 17.8 Å². The highest BCUT2D eigenvalue weighted by molar-refractivity contribution is 8.00. The molecule has 0 saturated carbocycles. The number of amides is 2. The number of carbonyl (C=O) groups is 2. The average Bonchev–Trinajstić information content (AvgIpc) is 3.08. The molecule has 0 unspecified atom stereocenters. The van der Waals surface area contributed by atoms with Crippen LogP contribution in [0.4, 0.5) is 0 Å². The van der Waals surface area contributed by atoms with Crippen molar-refractivity contribution in [2.45, 2.75) is 25.3 Å². The van der Waals surface area contributed by atoms with Gasteiger partial charge in [0, 0.05) is 22.5 Å². The van der Waals surface area contributed by atoms with E-state index in [1.165, 1.54) is 11.8 Å². The Kier molecular flexibility index (Phi) is 6.73. The molecule has 3 rings (SSSR count). The van der Waals surface area contributed by atoms with Gasteiger partial charge in [-0.1, -0.05) is 35.9 Å². The van der Waals surface area contributed by atoms with E-state index >= 15 is 0 Å². The van der Waals surface area contributed by atoms with Crippen molar-refractivity contribution in [3.05, 3.63) is 65.4 Å². The molecule has 0 bridgehead atoms. The van der Waals surface area contributed by atoms with Gasteiger partial charge < -0.3 is 9.15 Å². The van der Waals surface area contributed by atoms with Crippen LogP contribution in [0.3, 0.4) is 0 Å². The summed E-state index contributed by atoms with van der Waals surface area (Å²) in [5, 5.41) is 0.822. The zero-order chi connectivity index (χ0) is 19.9. The van der Waals surface area contributed by atoms with E-state index < -0.39 is 5.91 Å². The standard InChI is InChI=1S/C21H22N2O4S/c1-3-26-12-17-16-6-4-5-7-18(16)27-20(17)21(25)23-22-19(24)13-28-15-10-8-14(2)9-11-15/h4-11H,3,12-13H2,1-2H3,(H,22,24)(H,23,25). The van der Waals surface area contributed by atoms with Gasteiger partial charge in [0.05, 0.1) is 12.4 Å². The summed E-state index contributed by atoms with van der Waals surface area (Å²) in [6.45, 7) is 4.67. The predicted molar refractivity (Wildman–Crippen MR) is 109 cm³/mol. The van der Waals surface area contributed by atoms with Crippen molar-refractivity contribution < 1.29 is 18.7 Å². The molecule has 1 aromatic heterocycles. The van der Waals surface area contributed by atoms with Gasteiger partial charge in [0.1, 0.15) is 5.58 Å². The monoisotopic (exact) mass is 398 g/mol. The third kappa shape index (κ3) is 4.94. The summed E-state index contributed by atoms with van der Waals surface area (Å²) in [4.78, 5) is 25.6. The van der Waals surface area contributed by atoms with Gasteiger partial charge in [-0.2, -0.15) is 0 Å². The number of thioether (sulfide) groups is 1. The van der Waals surface area contributed by atoms with Crippen molar-refractivity contribution in [3.63, 3.8) is 0 Å². The van der Waals surface area contributed by atoms with Gasteiger partial charge in [0.2, 0.25) is 5.91 Å². The second kappa shape index (κ2) is 9.43. The number of para-hydroxylation sites is 1. The van der Waals surface area contributed by atoms with E-state index in [4.69, 9.17) is 9.15 Å². The number of fused-ring (bicyclic) bond motifs is 1. The minimum absolute atomic E-state index is 0.140. The first kappa shape index (κ1) is 20.0. The molecular weight excluding hydrogens is 376 g/mol. The molecule has 0 radical (unpaired) electrons. The normalized spacial score (nSPS) is 10.8. The van der Waals surface area contributed by atoms with Crippen molar-refractivity contribution >= 4 is 34.5 Å². The number of nitrogens with one attached hydrogen (secondary N) is 2. The molecule has 0 atom stereocenters. The molecule has 2 amide bonds. The lowest BCUT2D eigenvalue weighted by Crippen LogP contribution is -2.42. The molecule has 0 aliphatic rings. The maximum atomic E-state index is 12.5. The van der Waals surface area contributed by atoms with Crippen LogP contribution in [0.25, 0.3) is 11.0 Å². The van der Waals surface area contributed by atoms with E-state index in [1.54, 1.807) is 6.07 Å². The number of rotatable bonds is 7. The van der Waals surface area contributed by atoms with Crippen molar-refractivity contribution in [1.82, 2.24) is 10.9 Å². The fourth-order valence-electron chi connectivity index (χ4n) is 2.63. The summed E-state index contributed by atoms with van der Waals surface area (Å²) in [7, 11) is 0. The summed E-state index contributed by atoms with van der Waals surface area (Å²) >= 11 is 1.40. The number of benzene rings is 2. The Morgan fingerprint density at radius 3 is 2.57 bits per heavy atom. The number of ether oxygens (including phenoxy) is 1. The molecule has 0 spiro atoms. The van der Waals surface area contributed by atoms with Crippen LogP contribution in [-0.4, -0.2) is 24.2 Å². The minimum atomic E-state index is -0.514. The molecular formula is C21H22N2O4S. The quantitative estimate of drug-likeness (QED) is 0.467. The SMILES string of the molecule is CCOCc1c(C(=O)NNC(=O)CSc2ccc(C)cc2)oc2ccccc12. The van der Waals surface area contributed by atoms with E-state index in [0.717, 1.165) is 15.8 Å². The second-order valence-electron chi connectivity index (χ2n) is 6.15. The summed E-state index contributed by atoms with van der Waals surface area (Å²) in [5.41, 5.74) is 7.28. The number of hydrogen-bond acceptors (Lipinski definition) is 5. The Morgan fingerprint density at radius 1 is 1.07 bits per heavy atom. The largest absolute Gasteiger partial charge is 0.450 e. The molecule has 0 aliphatic heterocycles. The third-order valence-electron chi connectivity index (χ3n) is 4.06. The van der Waals surface area contributed by atoms with E-state index in [2.05, 4.69) is 10.9 Å². The van der Waals surface area contributed by atoms with Gasteiger partial charge in [-0.15, -0.1) is 11.8 Å². The Balaban J connectivity index is 1.61. The smallest absolute Gasteiger partial charge is 0.305 e. The van der Waals surface area contributed by atoms with Gasteiger partial charge in [-0.25, -0.2) is 0 Å². The molecule has 7 heteroatoms. The first-order valence-electron chi connectivity index (χ1n) is 8.95. The number of aryl methyl sites for hydroxylation is 1. The van der Waals surface area contributed by atoms with Crippen molar-refractivity contribution in [2.24, 2.45) is 0 Å². The molecule has 2 aromatic carbocycles. The van der Waals surface area contributed by atoms with Crippen LogP contribution in [0.2, 0.25) is 0 Å². The van der Waals surface area contributed by atoms with E-state index in [9.17, 15) is 9.59 Å². The predicted octanol–water partition coefficient (Wildman–Crippen LogP) is 3.83. The molecule has 3 aromatic rings. The molecule has 0 aliphatic carbocycles. The first-order valence-corrected chi connectivity index (χ1v) is 9.94. The minimum Gasteiger partial charge on any atom is -0.450 e. The number of furan rings is 1.